The van der Waals surface area contributed by atoms with Gasteiger partial charge < -0.3 is 19.9 Å². The number of benzene rings is 1. The molecule has 2 N–H and O–H groups in total. The van der Waals surface area contributed by atoms with E-state index in [1.54, 1.807) is 7.05 Å². The van der Waals surface area contributed by atoms with Gasteiger partial charge >= 0.3 is 0 Å². The van der Waals surface area contributed by atoms with E-state index in [2.05, 4.69) is 11.9 Å². The maximum Gasteiger partial charge on any atom is 0.274 e. The third-order valence-electron chi connectivity index (χ3n) is 6.12. The van der Waals surface area contributed by atoms with E-state index in [4.69, 9.17) is 0 Å². The minimum Gasteiger partial charge on any atom is -0.503 e. The summed E-state index contributed by atoms with van der Waals surface area (Å²) in [7, 11) is 1.59. The number of fused-ring (bicyclic) bond motifs is 1. The van der Waals surface area contributed by atoms with Crippen LogP contribution in [0.2, 0.25) is 0 Å². The van der Waals surface area contributed by atoms with Crippen LogP contribution in [0.25, 0.3) is 0 Å². The summed E-state index contributed by atoms with van der Waals surface area (Å²) in [5.41, 5.74) is -2.37. The molecule has 0 spiro atoms. The summed E-state index contributed by atoms with van der Waals surface area (Å²) in [6.45, 7) is 3.37. The molecule has 32 heavy (non-hydrogen) atoms. The van der Waals surface area contributed by atoms with Crippen molar-refractivity contribution in [2.24, 2.45) is 11.8 Å². The van der Waals surface area contributed by atoms with Gasteiger partial charge in [-0.2, -0.15) is 0 Å². The Labute approximate surface area is 180 Å². The highest BCUT2D eigenvalue weighted by Gasteiger charge is 2.47. The zero-order chi connectivity index (χ0) is 23.3. The standard InChI is InChI=1S/C22H20F3N3O4/c1-3-10-4-12(10)17-9-28-8-14(19(29)20(30)18(28)22(32)27(17)2)21(31)26-7-13-15(24)5-11(23)6-16(13)25/h3,5-6,8,10,12,17,30H,1,4,7,9H2,2H3,(H,26,31)/t10?,12-,17-/m0/s1. The van der Waals surface area contributed by atoms with E-state index < -0.39 is 58.1 Å². The van der Waals surface area contributed by atoms with Gasteiger partial charge in [-0.05, 0) is 18.3 Å². The molecule has 1 aromatic carbocycles. The van der Waals surface area contributed by atoms with Crippen molar-refractivity contribution >= 4 is 11.8 Å². The number of allylic oxidation sites excluding steroid dienone is 1. The monoisotopic (exact) mass is 447 g/mol. The van der Waals surface area contributed by atoms with Gasteiger partial charge in [0.2, 0.25) is 5.43 Å². The van der Waals surface area contributed by atoms with Gasteiger partial charge in [0.15, 0.2) is 11.4 Å². The van der Waals surface area contributed by atoms with Crippen LogP contribution in [0.4, 0.5) is 13.2 Å². The van der Waals surface area contributed by atoms with E-state index in [1.807, 2.05) is 6.08 Å². The van der Waals surface area contributed by atoms with Crippen LogP contribution >= 0.6 is 0 Å². The lowest BCUT2D eigenvalue weighted by molar-refractivity contribution is 0.0616. The SMILES string of the molecule is C=CC1C[C@@H]1[C@@H]1Cn2cc(C(=O)NCc3c(F)cc(F)cc3F)c(=O)c(O)c2C(=O)N1C. The van der Waals surface area contributed by atoms with Crippen LogP contribution in [-0.2, 0) is 13.1 Å². The lowest BCUT2D eigenvalue weighted by Crippen LogP contribution is -2.48. The number of aromatic nitrogens is 1. The van der Waals surface area contributed by atoms with Crippen molar-refractivity contribution in [3.8, 4) is 5.75 Å². The third-order valence-corrected chi connectivity index (χ3v) is 6.12. The first-order valence-electron chi connectivity index (χ1n) is 9.91. The number of aromatic hydroxyl groups is 1. The lowest BCUT2D eigenvalue weighted by atomic mass is 10.0. The molecular weight excluding hydrogens is 427 g/mol. The smallest absolute Gasteiger partial charge is 0.274 e. The average molecular weight is 447 g/mol. The van der Waals surface area contributed by atoms with Crippen molar-refractivity contribution in [3.63, 3.8) is 0 Å². The second kappa shape index (κ2) is 7.85. The third kappa shape index (κ3) is 3.55. The van der Waals surface area contributed by atoms with Gasteiger partial charge in [0, 0.05) is 44.0 Å². The summed E-state index contributed by atoms with van der Waals surface area (Å²) in [6.07, 6.45) is 3.83. The highest BCUT2D eigenvalue weighted by atomic mass is 19.1. The van der Waals surface area contributed by atoms with Crippen molar-refractivity contribution < 1.29 is 27.9 Å². The summed E-state index contributed by atoms with van der Waals surface area (Å²) < 4.78 is 42.0. The molecule has 1 saturated carbocycles. The van der Waals surface area contributed by atoms with Crippen molar-refractivity contribution in [2.45, 2.75) is 25.6 Å². The molecule has 4 rings (SSSR count). The minimum atomic E-state index is -1.19. The fourth-order valence-electron chi connectivity index (χ4n) is 4.20. The zero-order valence-electron chi connectivity index (χ0n) is 17.1. The highest BCUT2D eigenvalue weighted by Crippen LogP contribution is 2.45. The molecule has 2 aliphatic rings. The Morgan fingerprint density at radius 2 is 1.94 bits per heavy atom. The molecule has 1 unspecified atom stereocenters. The van der Waals surface area contributed by atoms with Crippen LogP contribution in [0.3, 0.4) is 0 Å². The van der Waals surface area contributed by atoms with Gasteiger partial charge in [0.05, 0.1) is 6.04 Å². The highest BCUT2D eigenvalue weighted by molar-refractivity contribution is 5.99. The molecule has 1 fully saturated rings. The number of hydrogen-bond acceptors (Lipinski definition) is 4. The van der Waals surface area contributed by atoms with Crippen molar-refractivity contribution in [1.29, 1.82) is 0 Å². The number of halogens is 3. The van der Waals surface area contributed by atoms with E-state index in [-0.39, 0.29) is 30.1 Å². The molecule has 10 heteroatoms. The fourth-order valence-corrected chi connectivity index (χ4v) is 4.20. The van der Waals surface area contributed by atoms with Crippen LogP contribution in [0.5, 0.6) is 5.75 Å². The van der Waals surface area contributed by atoms with Gasteiger partial charge in [-0.3, -0.25) is 14.4 Å². The molecule has 3 atom stereocenters. The second-order valence-electron chi connectivity index (χ2n) is 8.03. The van der Waals surface area contributed by atoms with Gasteiger partial charge in [0.1, 0.15) is 23.0 Å². The normalized spacial score (nSPS) is 21.8. The van der Waals surface area contributed by atoms with Crippen molar-refractivity contribution in [1.82, 2.24) is 14.8 Å². The number of rotatable bonds is 5. The quantitative estimate of drug-likeness (QED) is 0.688. The molecule has 0 radical (unpaired) electrons. The van der Waals surface area contributed by atoms with Crippen molar-refractivity contribution in [2.75, 3.05) is 7.05 Å². The summed E-state index contributed by atoms with van der Waals surface area (Å²) in [6, 6.07) is 0.736. The predicted molar refractivity (Wildman–Crippen MR) is 108 cm³/mol. The number of carbonyl (C=O) groups excluding carboxylic acids is 2. The number of hydrogen-bond donors (Lipinski definition) is 2. The maximum absolute atomic E-state index is 13.8. The van der Waals surface area contributed by atoms with Crippen LogP contribution < -0.4 is 10.7 Å². The molecular formula is C22H20F3N3O4. The minimum absolute atomic E-state index is 0.179. The Kier molecular flexibility index (Phi) is 5.31. The van der Waals surface area contributed by atoms with E-state index >= 15 is 0 Å². The molecule has 168 valence electrons. The Hall–Kier alpha value is -3.56. The number of pyridine rings is 1. The summed E-state index contributed by atoms with van der Waals surface area (Å²) >= 11 is 0. The number of nitrogens with one attached hydrogen (secondary N) is 1. The first kappa shape index (κ1) is 21.7. The Morgan fingerprint density at radius 3 is 2.53 bits per heavy atom. The molecule has 2 amide bonds. The van der Waals surface area contributed by atoms with Crippen LogP contribution in [0, 0.1) is 29.3 Å². The first-order chi connectivity index (χ1) is 15.1. The fraction of sp³-hybridized carbons (Fsp3) is 0.318. The summed E-state index contributed by atoms with van der Waals surface area (Å²) in [5.74, 6) is -5.47. The van der Waals surface area contributed by atoms with E-state index in [0.29, 0.717) is 12.1 Å². The van der Waals surface area contributed by atoms with Gasteiger partial charge in [-0.25, -0.2) is 13.2 Å². The molecule has 0 saturated heterocycles. The van der Waals surface area contributed by atoms with Gasteiger partial charge in [-0.15, -0.1) is 6.58 Å². The molecule has 2 heterocycles. The van der Waals surface area contributed by atoms with E-state index in [9.17, 15) is 32.7 Å². The molecule has 7 nitrogen and oxygen atoms in total. The number of nitrogens with zero attached hydrogens (tertiary/aromatic N) is 2. The number of likely N-dealkylation sites (N-methyl/N-ethyl adjacent to an activating group) is 1. The second-order valence-corrected chi connectivity index (χ2v) is 8.03. The number of carbonyl (C=O) groups is 2. The average Bonchev–Trinajstić information content (AvgIpc) is 3.51. The maximum atomic E-state index is 13.8. The lowest BCUT2D eigenvalue weighted by Gasteiger charge is -2.35. The summed E-state index contributed by atoms with van der Waals surface area (Å²) in [5, 5.41) is 12.6. The largest absolute Gasteiger partial charge is 0.503 e. The van der Waals surface area contributed by atoms with E-state index in [1.165, 1.54) is 9.47 Å². The zero-order valence-corrected chi connectivity index (χ0v) is 17.1. The molecule has 2 aromatic rings. The van der Waals surface area contributed by atoms with Gasteiger partial charge in [0.25, 0.3) is 11.8 Å². The first-order valence-corrected chi connectivity index (χ1v) is 9.91. The molecule has 1 aliphatic carbocycles. The van der Waals surface area contributed by atoms with Crippen LogP contribution in [-0.4, -0.2) is 39.5 Å². The topological polar surface area (TPSA) is 91.6 Å². The van der Waals surface area contributed by atoms with Gasteiger partial charge in [-0.1, -0.05) is 6.08 Å². The predicted octanol–water partition coefficient (Wildman–Crippen LogP) is 2.18. The van der Waals surface area contributed by atoms with Crippen LogP contribution in [0.15, 0.2) is 35.8 Å². The Bertz CT molecular complexity index is 1190. The molecule has 1 aromatic heterocycles. The number of amides is 2. The van der Waals surface area contributed by atoms with Crippen LogP contribution in [0.1, 0.15) is 32.8 Å². The van der Waals surface area contributed by atoms with Crippen molar-refractivity contribution in [3.05, 3.63) is 75.5 Å². The molecule has 0 bridgehead atoms. The Balaban J connectivity index is 1.62. The Morgan fingerprint density at radius 1 is 1.28 bits per heavy atom. The van der Waals surface area contributed by atoms with E-state index in [0.717, 1.165) is 12.6 Å². The molecule has 1 aliphatic heterocycles. The summed E-state index contributed by atoms with van der Waals surface area (Å²) in [4.78, 5) is 39.4.